The Hall–Kier alpha value is -3.44. The first-order chi connectivity index (χ1) is 22.7. The first kappa shape index (κ1) is 33.1. The van der Waals surface area contributed by atoms with Crippen LogP contribution in [0.2, 0.25) is 0 Å². The van der Waals surface area contributed by atoms with E-state index in [1.54, 1.807) is 0 Å². The zero-order chi connectivity index (χ0) is 34.1. The molecule has 23 nitrogen and oxygen atoms in total. The predicted molar refractivity (Wildman–Crippen MR) is 156 cm³/mol. The quantitative estimate of drug-likeness (QED) is 0.108. The van der Waals surface area contributed by atoms with E-state index in [-0.39, 0.29) is 34.1 Å². The number of hydrogen-bond acceptors (Lipinski definition) is 17. The monoisotopic (exact) mass is 717 g/mol. The molecular weight excluding hydrogens is 688 g/mol. The lowest BCUT2D eigenvalue weighted by Crippen LogP contribution is -2.37. The number of aliphatic hydroxyl groups excluding tert-OH is 2. The number of nitrogens with zero attached hydrogens (tertiary/aromatic N) is 6. The van der Waals surface area contributed by atoms with Crippen molar-refractivity contribution in [3.63, 3.8) is 0 Å². The van der Waals surface area contributed by atoms with Crippen molar-refractivity contribution in [1.29, 1.82) is 0 Å². The van der Waals surface area contributed by atoms with Crippen LogP contribution in [0.4, 0.5) is 5.95 Å². The second-order valence-electron chi connectivity index (χ2n) is 11.2. The standard InChI is InChI=1S/C23H29N9O14P2/c1-8-27-17-11(19(35)28-8)25-4-31(17)21-15-13(33)9(45-21)2-43-48(39,40)7-42-16-14(34)10(3-44-47(37,38)6-41-15)46-22(16)32-5-26-12-18(32)29-23(24)30-20(12)36/h4-5,9-10,13-16,21-22,33-34H,2-3,6-7H2,1H3,(H,37,38)(H,39,40)(H,27,28,35)(H3,24,29,30,36)/t9-,10-,13?,14?,15+,16+,21-,22-/m1/s1. The molecule has 0 radical (unpaired) electrons. The molecule has 0 aromatic carbocycles. The molecule has 48 heavy (non-hydrogen) atoms. The van der Waals surface area contributed by atoms with Crippen LogP contribution in [0.15, 0.2) is 22.2 Å². The molecule has 0 saturated carbocycles. The van der Waals surface area contributed by atoms with Crippen molar-refractivity contribution >= 4 is 43.5 Å². The van der Waals surface area contributed by atoms with Crippen molar-refractivity contribution in [1.82, 2.24) is 39.0 Å². The van der Waals surface area contributed by atoms with Crippen molar-refractivity contribution in [2.45, 2.75) is 56.0 Å². The summed E-state index contributed by atoms with van der Waals surface area (Å²) < 4.78 is 62.3. The molecular formula is C23H29N9O14P2. The summed E-state index contributed by atoms with van der Waals surface area (Å²) in [5.41, 5.74) is 4.23. The number of nitrogens with one attached hydrogen (secondary N) is 2. The first-order valence-electron chi connectivity index (χ1n) is 14.2. The summed E-state index contributed by atoms with van der Waals surface area (Å²) in [7, 11) is -9.29. The van der Waals surface area contributed by atoms with Gasteiger partial charge in [-0.1, -0.05) is 0 Å². The number of aromatic amines is 2. The van der Waals surface area contributed by atoms with E-state index < -0.39 is 101 Å². The van der Waals surface area contributed by atoms with Gasteiger partial charge in [-0.15, -0.1) is 0 Å². The minimum absolute atomic E-state index is 0.0454. The summed E-state index contributed by atoms with van der Waals surface area (Å²) in [5, 5.41) is 22.3. The minimum atomic E-state index is -4.65. The second kappa shape index (κ2) is 12.2. The fraction of sp³-hybridized carbons (Fsp3) is 0.565. The van der Waals surface area contributed by atoms with E-state index in [9.17, 15) is 38.7 Å². The molecule has 3 aliphatic heterocycles. The maximum atomic E-state index is 13.1. The van der Waals surface area contributed by atoms with Crippen molar-refractivity contribution in [3.8, 4) is 0 Å². The van der Waals surface area contributed by atoms with Gasteiger partial charge in [-0.05, 0) is 6.92 Å². The Bertz CT molecular complexity index is 1940. The molecule has 7 rings (SSSR count). The molecule has 260 valence electrons. The van der Waals surface area contributed by atoms with Crippen LogP contribution in [0.3, 0.4) is 0 Å². The fourth-order valence-corrected chi connectivity index (χ4v) is 7.32. The summed E-state index contributed by atoms with van der Waals surface area (Å²) >= 11 is 0. The van der Waals surface area contributed by atoms with Gasteiger partial charge in [0.15, 0.2) is 34.8 Å². The Morgan fingerprint density at radius 3 is 1.77 bits per heavy atom. The number of H-pyrrole nitrogens is 2. The summed E-state index contributed by atoms with van der Waals surface area (Å²) in [5.74, 6) is -0.0197. The van der Waals surface area contributed by atoms with E-state index in [1.165, 1.54) is 22.4 Å². The Balaban J connectivity index is 1.19. The Morgan fingerprint density at radius 2 is 1.27 bits per heavy atom. The highest BCUT2D eigenvalue weighted by atomic mass is 31.2. The maximum Gasteiger partial charge on any atom is 0.353 e. The second-order valence-corrected chi connectivity index (χ2v) is 14.8. The maximum absolute atomic E-state index is 13.1. The van der Waals surface area contributed by atoms with E-state index in [4.69, 9.17) is 33.7 Å². The van der Waals surface area contributed by atoms with Crippen molar-refractivity contribution in [3.05, 3.63) is 39.2 Å². The third-order valence-corrected chi connectivity index (χ3v) is 9.97. The van der Waals surface area contributed by atoms with Crippen LogP contribution < -0.4 is 16.9 Å². The van der Waals surface area contributed by atoms with Crippen molar-refractivity contribution in [2.75, 3.05) is 31.6 Å². The summed E-state index contributed by atoms with van der Waals surface area (Å²) in [6, 6.07) is 0. The number of hydrogen-bond donors (Lipinski definition) is 7. The van der Waals surface area contributed by atoms with E-state index in [0.29, 0.717) is 0 Å². The van der Waals surface area contributed by atoms with Gasteiger partial charge in [0.25, 0.3) is 11.1 Å². The minimum Gasteiger partial charge on any atom is -0.387 e. The van der Waals surface area contributed by atoms with Crippen LogP contribution in [-0.4, -0.2) is 122 Å². The van der Waals surface area contributed by atoms with Crippen LogP contribution in [0.5, 0.6) is 0 Å². The molecule has 3 aliphatic rings. The number of aromatic nitrogens is 8. The Morgan fingerprint density at radius 1 is 0.812 bits per heavy atom. The number of fused-ring (bicyclic) bond motifs is 6. The van der Waals surface area contributed by atoms with Gasteiger partial charge in [-0.3, -0.25) is 32.8 Å². The molecule has 4 aromatic rings. The molecule has 4 aromatic heterocycles. The molecule has 3 saturated heterocycles. The van der Waals surface area contributed by atoms with Gasteiger partial charge >= 0.3 is 15.2 Å². The van der Waals surface area contributed by atoms with Gasteiger partial charge < -0.3 is 58.7 Å². The number of anilines is 1. The highest BCUT2D eigenvalue weighted by molar-refractivity contribution is 7.52. The van der Waals surface area contributed by atoms with Crippen LogP contribution in [0.25, 0.3) is 22.3 Å². The van der Waals surface area contributed by atoms with Gasteiger partial charge in [-0.25, -0.2) is 15.0 Å². The number of rotatable bonds is 2. The predicted octanol–water partition coefficient (Wildman–Crippen LogP) is -2.24. The molecule has 3 fully saturated rings. The summed E-state index contributed by atoms with van der Waals surface area (Å²) in [6.07, 6.45) is -11.2. The summed E-state index contributed by atoms with van der Waals surface area (Å²) in [6.45, 7) is 0.120. The Kier molecular flexibility index (Phi) is 8.38. The van der Waals surface area contributed by atoms with Gasteiger partial charge in [0.05, 0.1) is 25.9 Å². The number of imidazole rings is 2. The molecule has 0 amide bonds. The molecule has 0 spiro atoms. The number of ether oxygens (including phenoxy) is 4. The topological polar surface area (TPSA) is 324 Å². The molecule has 0 aliphatic carbocycles. The zero-order valence-corrected chi connectivity index (χ0v) is 26.4. The fourth-order valence-electron chi connectivity index (χ4n) is 5.69. The van der Waals surface area contributed by atoms with Crippen LogP contribution in [0, 0.1) is 6.92 Å². The average Bonchev–Trinajstić information content (AvgIpc) is 3.76. The lowest BCUT2D eigenvalue weighted by Gasteiger charge is -2.25. The van der Waals surface area contributed by atoms with E-state index >= 15 is 0 Å². The molecule has 25 heteroatoms. The normalized spacial score (nSPS) is 36.6. The van der Waals surface area contributed by atoms with Crippen LogP contribution in [0.1, 0.15) is 18.3 Å². The van der Waals surface area contributed by atoms with Gasteiger partial charge in [0, 0.05) is 0 Å². The third kappa shape index (κ3) is 6.01. The van der Waals surface area contributed by atoms with Crippen LogP contribution >= 0.6 is 15.2 Å². The SMILES string of the molecule is Cc1nc2c(ncn2[C@@H]2O[C@@H]3COP(=O)(O)CO[C@H]4C(O)[C@@H](COP(=O)(O)CO[C@H]2C3O)O[C@H]4n2cnc3c(=O)[nH]c(N)nc32)c(=O)[nH]1. The lowest BCUT2D eigenvalue weighted by atomic mass is 10.1. The first-order valence-corrected chi connectivity index (χ1v) is 17.7. The summed E-state index contributed by atoms with van der Waals surface area (Å²) in [4.78, 5) is 67.2. The number of nitrogens with two attached hydrogens (primary N) is 1. The molecule has 4 bridgehead atoms. The molecule has 4 unspecified atom stereocenters. The highest BCUT2D eigenvalue weighted by Crippen LogP contribution is 2.48. The van der Waals surface area contributed by atoms with Crippen molar-refractivity contribution in [2.24, 2.45) is 0 Å². The van der Waals surface area contributed by atoms with E-state index in [0.717, 1.165) is 6.33 Å². The smallest absolute Gasteiger partial charge is 0.353 e. The lowest BCUT2D eigenvalue weighted by molar-refractivity contribution is -0.0711. The zero-order valence-electron chi connectivity index (χ0n) is 24.6. The van der Waals surface area contributed by atoms with Gasteiger partial charge in [-0.2, -0.15) is 4.98 Å². The third-order valence-electron chi connectivity index (χ3n) is 7.92. The molecule has 7 heterocycles. The van der Waals surface area contributed by atoms with Crippen molar-refractivity contribution < 1.29 is 57.1 Å². The number of aliphatic hydroxyl groups is 2. The average molecular weight is 717 g/mol. The van der Waals surface area contributed by atoms with Gasteiger partial charge in [0.2, 0.25) is 5.95 Å². The molecule has 10 atom stereocenters. The van der Waals surface area contributed by atoms with E-state index in [2.05, 4.69) is 29.9 Å². The highest BCUT2D eigenvalue weighted by Gasteiger charge is 2.50. The van der Waals surface area contributed by atoms with Crippen LogP contribution in [-0.2, 0) is 37.1 Å². The number of aryl methyl sites for hydroxylation is 1. The Labute approximate surface area is 266 Å². The number of nitrogen functional groups attached to an aromatic ring is 1. The van der Waals surface area contributed by atoms with E-state index in [1.807, 2.05) is 0 Å². The largest absolute Gasteiger partial charge is 0.387 e. The van der Waals surface area contributed by atoms with Gasteiger partial charge in [0.1, 0.15) is 55.1 Å². The molecule has 8 N–H and O–H groups in total.